The van der Waals surface area contributed by atoms with Crippen LogP contribution in [0.15, 0.2) is 40.2 Å². The molecule has 27 heavy (non-hydrogen) atoms. The summed E-state index contributed by atoms with van der Waals surface area (Å²) in [5.74, 6) is 5.70. The molecule has 1 aliphatic rings. The quantitative estimate of drug-likeness (QED) is 0.657. The van der Waals surface area contributed by atoms with Crippen molar-refractivity contribution >= 4 is 11.6 Å². The number of H-pyrrole nitrogens is 2. The molecule has 7 nitrogen and oxygen atoms in total. The predicted octanol–water partition coefficient (Wildman–Crippen LogP) is 1.86. The summed E-state index contributed by atoms with van der Waals surface area (Å²) in [6, 6.07) is 4.50. The van der Waals surface area contributed by atoms with E-state index in [1.54, 1.807) is 6.07 Å². The fourth-order valence-electron chi connectivity index (χ4n) is 2.70. The lowest BCUT2D eigenvalue weighted by Gasteiger charge is -2.04. The fourth-order valence-corrected chi connectivity index (χ4v) is 2.93. The summed E-state index contributed by atoms with van der Waals surface area (Å²) in [6.07, 6.45) is 3.18. The van der Waals surface area contributed by atoms with E-state index in [1.807, 2.05) is 0 Å². The first-order valence-corrected chi connectivity index (χ1v) is 8.37. The normalized spacial score (nSPS) is 17.9. The van der Waals surface area contributed by atoms with Gasteiger partial charge in [0.2, 0.25) is 0 Å². The summed E-state index contributed by atoms with van der Waals surface area (Å²) >= 11 is 6.16. The van der Waals surface area contributed by atoms with Crippen LogP contribution in [0.1, 0.15) is 23.6 Å². The number of pyridine rings is 1. The van der Waals surface area contributed by atoms with Crippen LogP contribution in [-0.4, -0.2) is 25.1 Å². The molecule has 2 atom stereocenters. The standard InChI is InChI=1S/C18H11ClFN5O2/c19-16-13(6-15(24-25-16)14-8-22-18(27)23-17(14)26)12-5-9(12)1-3-11-4-2-10(20)7-21-11/h2,4,6-9,12H,5H2,(H2,22,23,26,27)/t9-,12-/m0/s1. The largest absolute Gasteiger partial charge is 0.325 e. The van der Waals surface area contributed by atoms with Gasteiger partial charge in [-0.1, -0.05) is 17.5 Å². The highest BCUT2D eigenvalue weighted by molar-refractivity contribution is 6.30. The van der Waals surface area contributed by atoms with Gasteiger partial charge in [0.05, 0.1) is 11.8 Å². The van der Waals surface area contributed by atoms with Crippen molar-refractivity contribution < 1.29 is 4.39 Å². The van der Waals surface area contributed by atoms with Crippen LogP contribution in [0, 0.1) is 23.6 Å². The summed E-state index contributed by atoms with van der Waals surface area (Å²) in [7, 11) is 0. The summed E-state index contributed by atoms with van der Waals surface area (Å²) < 4.78 is 12.9. The molecular weight excluding hydrogens is 373 g/mol. The first kappa shape index (κ1) is 17.1. The molecule has 0 unspecified atom stereocenters. The van der Waals surface area contributed by atoms with Gasteiger partial charge in [0.25, 0.3) is 5.56 Å². The first-order chi connectivity index (χ1) is 13.0. The van der Waals surface area contributed by atoms with Crippen LogP contribution in [0.4, 0.5) is 4.39 Å². The summed E-state index contributed by atoms with van der Waals surface area (Å²) in [6.45, 7) is 0. The second kappa shape index (κ2) is 6.78. The highest BCUT2D eigenvalue weighted by atomic mass is 35.5. The molecule has 9 heteroatoms. The Labute approximate surface area is 156 Å². The number of halogens is 2. The van der Waals surface area contributed by atoms with E-state index in [0.29, 0.717) is 11.4 Å². The maximum absolute atomic E-state index is 12.9. The van der Waals surface area contributed by atoms with E-state index in [2.05, 4.69) is 37.0 Å². The minimum absolute atomic E-state index is 0.0558. The lowest BCUT2D eigenvalue weighted by molar-refractivity contribution is 0.621. The Balaban J connectivity index is 1.59. The Kier molecular flexibility index (Phi) is 4.30. The molecule has 134 valence electrons. The minimum Gasteiger partial charge on any atom is -0.313 e. The molecule has 0 bridgehead atoms. The van der Waals surface area contributed by atoms with E-state index in [-0.39, 0.29) is 22.6 Å². The molecule has 4 rings (SSSR count). The van der Waals surface area contributed by atoms with Crippen molar-refractivity contribution in [2.75, 3.05) is 0 Å². The van der Waals surface area contributed by atoms with Crippen LogP contribution in [-0.2, 0) is 0 Å². The molecule has 0 aliphatic heterocycles. The average Bonchev–Trinajstić information content (AvgIpc) is 3.41. The fraction of sp³-hybridized carbons (Fsp3) is 0.167. The zero-order valence-corrected chi connectivity index (χ0v) is 14.4. The van der Waals surface area contributed by atoms with E-state index in [1.165, 1.54) is 18.3 Å². The Morgan fingerprint density at radius 2 is 2.11 bits per heavy atom. The Morgan fingerprint density at radius 1 is 1.26 bits per heavy atom. The number of hydrogen-bond donors (Lipinski definition) is 2. The number of nitrogens with zero attached hydrogens (tertiary/aromatic N) is 3. The van der Waals surface area contributed by atoms with Crippen molar-refractivity contribution in [1.82, 2.24) is 25.1 Å². The number of hydrogen-bond acceptors (Lipinski definition) is 5. The summed E-state index contributed by atoms with van der Waals surface area (Å²) in [5, 5.41) is 8.09. The van der Waals surface area contributed by atoms with Crippen LogP contribution in [0.5, 0.6) is 0 Å². The van der Waals surface area contributed by atoms with E-state index in [9.17, 15) is 14.0 Å². The third-order valence-corrected chi connectivity index (χ3v) is 4.47. The van der Waals surface area contributed by atoms with Crippen LogP contribution >= 0.6 is 11.6 Å². The highest BCUT2D eigenvalue weighted by Crippen LogP contribution is 2.49. The zero-order valence-electron chi connectivity index (χ0n) is 13.7. The van der Waals surface area contributed by atoms with Crippen LogP contribution in [0.25, 0.3) is 11.3 Å². The Hall–Kier alpha value is -3.31. The van der Waals surface area contributed by atoms with E-state index < -0.39 is 17.1 Å². The van der Waals surface area contributed by atoms with Gasteiger partial charge in [0.15, 0.2) is 5.15 Å². The van der Waals surface area contributed by atoms with E-state index in [4.69, 9.17) is 11.6 Å². The molecule has 0 radical (unpaired) electrons. The molecule has 3 aromatic rings. The molecule has 1 saturated carbocycles. The second-order valence-electron chi connectivity index (χ2n) is 6.04. The van der Waals surface area contributed by atoms with Gasteiger partial charge in [-0.25, -0.2) is 14.2 Å². The number of aromatic nitrogens is 5. The molecule has 0 amide bonds. The second-order valence-corrected chi connectivity index (χ2v) is 6.40. The van der Waals surface area contributed by atoms with E-state index >= 15 is 0 Å². The summed E-state index contributed by atoms with van der Waals surface area (Å²) in [4.78, 5) is 31.5. The molecule has 1 fully saturated rings. The molecule has 0 saturated heterocycles. The van der Waals surface area contributed by atoms with Gasteiger partial charge < -0.3 is 4.98 Å². The topological polar surface area (TPSA) is 104 Å². The third-order valence-electron chi connectivity index (χ3n) is 4.17. The summed E-state index contributed by atoms with van der Waals surface area (Å²) in [5.41, 5.74) is 0.568. The maximum atomic E-state index is 12.9. The monoisotopic (exact) mass is 383 g/mol. The minimum atomic E-state index is -0.599. The maximum Gasteiger partial charge on any atom is 0.325 e. The van der Waals surface area contributed by atoms with Crippen molar-refractivity contribution in [1.29, 1.82) is 0 Å². The third kappa shape index (κ3) is 3.64. The molecule has 2 N–H and O–H groups in total. The van der Waals surface area contributed by atoms with Gasteiger partial charge in [-0.3, -0.25) is 9.78 Å². The lowest BCUT2D eigenvalue weighted by atomic mass is 10.1. The van der Waals surface area contributed by atoms with Crippen molar-refractivity contribution in [3.8, 4) is 23.1 Å². The smallest absolute Gasteiger partial charge is 0.313 e. The van der Waals surface area contributed by atoms with Crippen molar-refractivity contribution in [3.63, 3.8) is 0 Å². The van der Waals surface area contributed by atoms with Crippen molar-refractivity contribution in [2.24, 2.45) is 5.92 Å². The van der Waals surface area contributed by atoms with Gasteiger partial charge in [-0.2, -0.15) is 0 Å². The molecule has 3 aromatic heterocycles. The molecule has 1 aliphatic carbocycles. The number of aromatic amines is 2. The SMILES string of the molecule is O=c1[nH]cc(-c2cc([C@H]3C[C@@H]3C#Cc3ccc(F)cn3)c(Cl)nn2)c(=O)[nH]1. The Bertz CT molecular complexity index is 1190. The van der Waals surface area contributed by atoms with Crippen molar-refractivity contribution in [2.45, 2.75) is 12.3 Å². The van der Waals surface area contributed by atoms with Crippen LogP contribution in [0.2, 0.25) is 5.15 Å². The molecule has 0 spiro atoms. The number of rotatable bonds is 2. The molecular formula is C18H11ClFN5O2. The molecule has 3 heterocycles. The average molecular weight is 384 g/mol. The van der Waals surface area contributed by atoms with Crippen LogP contribution in [0.3, 0.4) is 0 Å². The first-order valence-electron chi connectivity index (χ1n) is 8.00. The van der Waals surface area contributed by atoms with E-state index in [0.717, 1.165) is 18.2 Å². The predicted molar refractivity (Wildman–Crippen MR) is 95.6 cm³/mol. The van der Waals surface area contributed by atoms with Crippen molar-refractivity contribution in [3.05, 3.63) is 73.7 Å². The van der Waals surface area contributed by atoms with Crippen LogP contribution < -0.4 is 11.2 Å². The van der Waals surface area contributed by atoms with Gasteiger partial charge in [0.1, 0.15) is 17.2 Å². The van der Waals surface area contributed by atoms with Gasteiger partial charge >= 0.3 is 5.69 Å². The lowest BCUT2D eigenvalue weighted by Crippen LogP contribution is -2.23. The van der Waals surface area contributed by atoms with Gasteiger partial charge in [-0.05, 0) is 36.1 Å². The Morgan fingerprint density at radius 3 is 2.85 bits per heavy atom. The molecule has 0 aromatic carbocycles. The number of nitrogens with one attached hydrogen (secondary N) is 2. The highest BCUT2D eigenvalue weighted by Gasteiger charge is 2.39. The van der Waals surface area contributed by atoms with Gasteiger partial charge in [0, 0.05) is 18.0 Å². The zero-order chi connectivity index (χ0) is 19.0. The van der Waals surface area contributed by atoms with Gasteiger partial charge in [-0.15, -0.1) is 10.2 Å².